The number of anilines is 1. The topological polar surface area (TPSA) is 61.4 Å². The van der Waals surface area contributed by atoms with Crippen molar-refractivity contribution < 1.29 is 31.1 Å². The number of carbonyl (C=O) groups excluding carboxylic acids is 2. The first kappa shape index (κ1) is 18.9. The molecule has 152 valence electrons. The molecule has 2 saturated heterocycles. The van der Waals surface area contributed by atoms with E-state index < -0.39 is 27.0 Å². The number of fused-ring (bicyclic) bond motifs is 3. The number of likely N-dealkylation sites (tertiary alicyclic amines) is 1. The van der Waals surface area contributed by atoms with Crippen LogP contribution in [0.3, 0.4) is 0 Å². The Labute approximate surface area is 192 Å². The van der Waals surface area contributed by atoms with Gasteiger partial charge in [-0.2, -0.15) is 0 Å². The van der Waals surface area contributed by atoms with Crippen LogP contribution in [0, 0.1) is 11.8 Å². The summed E-state index contributed by atoms with van der Waals surface area (Å²) in [5, 5.41) is 3.68. The van der Waals surface area contributed by atoms with E-state index in [9.17, 15) is 9.59 Å². The van der Waals surface area contributed by atoms with Crippen molar-refractivity contribution in [2.75, 3.05) is 11.9 Å². The second-order valence-electron chi connectivity index (χ2n) is 8.09. The fraction of sp³-hybridized carbons (Fsp3) is 0.400. The first-order valence-corrected chi connectivity index (χ1v) is 13.5. The summed E-state index contributed by atoms with van der Waals surface area (Å²) >= 11 is 13.4. The molecule has 3 fully saturated rings. The van der Waals surface area contributed by atoms with Crippen LogP contribution in [-0.2, 0) is 15.1 Å². The summed E-state index contributed by atoms with van der Waals surface area (Å²) in [5.41, 5.74) is 0.812. The summed E-state index contributed by atoms with van der Waals surface area (Å²) in [7, 11) is 0. The van der Waals surface area contributed by atoms with E-state index in [1.807, 2.05) is 30.3 Å². The Morgan fingerprint density at radius 1 is 1.21 bits per heavy atom. The maximum atomic E-state index is 13.8. The molecule has 0 unspecified atom stereocenters. The van der Waals surface area contributed by atoms with Crippen molar-refractivity contribution >= 4 is 52.0 Å². The second kappa shape index (κ2) is 6.56. The minimum absolute atomic E-state index is 0.0452. The number of carbonyl (C=O) groups is 2. The van der Waals surface area contributed by atoms with Crippen molar-refractivity contribution in [2.24, 2.45) is 11.8 Å². The molecule has 1 saturated carbocycles. The summed E-state index contributed by atoms with van der Waals surface area (Å²) in [5.74, 6) is 0.139. The van der Waals surface area contributed by atoms with Gasteiger partial charge in [-0.15, -0.1) is 0 Å². The molecule has 0 radical (unpaired) electrons. The molecule has 4 heterocycles. The number of rotatable bonds is 3. The van der Waals surface area contributed by atoms with Crippen molar-refractivity contribution in [2.45, 2.75) is 28.3 Å². The Kier molecular flexibility index (Phi) is 4.27. The van der Waals surface area contributed by atoms with Gasteiger partial charge < -0.3 is 0 Å². The van der Waals surface area contributed by atoms with Gasteiger partial charge in [-0.1, -0.05) is 0 Å². The number of benzene rings is 1. The summed E-state index contributed by atoms with van der Waals surface area (Å²) < 4.78 is 3.93. The van der Waals surface area contributed by atoms with Gasteiger partial charge in [0.05, 0.1) is 0 Å². The van der Waals surface area contributed by atoms with Crippen LogP contribution in [0.15, 0.2) is 30.3 Å². The molecule has 1 spiro atoms. The van der Waals surface area contributed by atoms with Crippen LogP contribution >= 0.6 is 34.5 Å². The molecule has 6 rings (SSSR count). The molecule has 4 atom stereocenters. The van der Waals surface area contributed by atoms with Crippen LogP contribution in [0.5, 0.6) is 0 Å². The van der Waals surface area contributed by atoms with E-state index in [0.717, 1.165) is 22.7 Å². The summed E-state index contributed by atoms with van der Waals surface area (Å²) in [6, 6.07) is 9.49. The third-order valence-electron chi connectivity index (χ3n) is 6.46. The third-order valence-corrected chi connectivity index (χ3v) is 10.9. The van der Waals surface area contributed by atoms with E-state index in [-0.39, 0.29) is 27.7 Å². The number of amides is 2. The molecule has 1 aromatic heterocycles. The molecule has 29 heavy (non-hydrogen) atoms. The SMILES string of the molecule is O=C1N[I-][C@H]2[C@@H]1[C@H](c1ccc(Cl)s1)[C@]1(C(=O)Nc3cc(Cl)ccc31)N2CC1CC1. The first-order valence-electron chi connectivity index (χ1n) is 9.56. The average molecular weight is 561 g/mol. The van der Waals surface area contributed by atoms with Crippen molar-refractivity contribution in [1.82, 2.24) is 8.43 Å². The predicted molar refractivity (Wildman–Crippen MR) is 109 cm³/mol. The van der Waals surface area contributed by atoms with Gasteiger partial charge in [0.25, 0.3) is 0 Å². The van der Waals surface area contributed by atoms with Crippen molar-refractivity contribution in [1.29, 1.82) is 0 Å². The molecule has 0 bridgehead atoms. The second-order valence-corrected chi connectivity index (χ2v) is 12.7. The molecule has 2 aromatic rings. The van der Waals surface area contributed by atoms with Crippen LogP contribution in [0.2, 0.25) is 9.36 Å². The van der Waals surface area contributed by atoms with E-state index >= 15 is 0 Å². The summed E-state index contributed by atoms with van der Waals surface area (Å²) in [6.45, 7) is 0.848. The zero-order valence-electron chi connectivity index (χ0n) is 15.1. The van der Waals surface area contributed by atoms with Gasteiger partial charge in [-0.3, -0.25) is 0 Å². The van der Waals surface area contributed by atoms with Gasteiger partial charge in [0.1, 0.15) is 0 Å². The molecular weight excluding hydrogens is 544 g/mol. The number of hydrogen-bond donors (Lipinski definition) is 2. The minimum atomic E-state index is -0.885. The molecule has 1 aliphatic carbocycles. The molecule has 5 nitrogen and oxygen atoms in total. The van der Waals surface area contributed by atoms with Crippen molar-refractivity contribution in [3.05, 3.63) is 50.1 Å². The van der Waals surface area contributed by atoms with Gasteiger partial charge in [-0.25, -0.2) is 0 Å². The third kappa shape index (κ3) is 2.60. The number of halogens is 3. The molecule has 2 N–H and O–H groups in total. The maximum absolute atomic E-state index is 13.8. The Hall–Kier alpha value is -0.870. The summed E-state index contributed by atoms with van der Waals surface area (Å²) in [6.07, 6.45) is 2.38. The number of thiophene rings is 1. The Morgan fingerprint density at radius 3 is 2.76 bits per heavy atom. The molecule has 1 aromatic carbocycles. The van der Waals surface area contributed by atoms with Crippen molar-refractivity contribution in [3.63, 3.8) is 0 Å². The zero-order valence-corrected chi connectivity index (χ0v) is 19.6. The van der Waals surface area contributed by atoms with Crippen LogP contribution in [0.1, 0.15) is 29.2 Å². The Bertz CT molecular complexity index is 1060. The fourth-order valence-corrected chi connectivity index (χ4v) is 9.71. The first-order chi connectivity index (χ1) is 14.0. The molecule has 3 aliphatic heterocycles. The van der Waals surface area contributed by atoms with Gasteiger partial charge in [-0.05, 0) is 0 Å². The monoisotopic (exact) mass is 560 g/mol. The van der Waals surface area contributed by atoms with Gasteiger partial charge >= 0.3 is 194 Å². The molecule has 2 amide bonds. The van der Waals surface area contributed by atoms with Crippen LogP contribution in [-0.4, -0.2) is 27.3 Å². The molecule has 9 heteroatoms. The number of hydrogen-bond acceptors (Lipinski definition) is 4. The van der Waals surface area contributed by atoms with E-state index in [2.05, 4.69) is 13.7 Å². The van der Waals surface area contributed by atoms with Crippen LogP contribution in [0.25, 0.3) is 0 Å². The molecule has 4 aliphatic rings. The van der Waals surface area contributed by atoms with Gasteiger partial charge in [0.15, 0.2) is 0 Å². The number of nitrogens with zero attached hydrogens (tertiary/aromatic N) is 1. The van der Waals surface area contributed by atoms with E-state index in [4.69, 9.17) is 23.2 Å². The van der Waals surface area contributed by atoms with Crippen molar-refractivity contribution in [3.8, 4) is 0 Å². The average Bonchev–Trinajstić information content (AvgIpc) is 3.02. The summed E-state index contributed by atoms with van der Waals surface area (Å²) in [4.78, 5) is 30.1. The van der Waals surface area contributed by atoms with E-state index in [1.165, 1.54) is 24.2 Å². The Morgan fingerprint density at radius 2 is 2.03 bits per heavy atom. The quantitative estimate of drug-likeness (QED) is 0.253. The fourth-order valence-electron chi connectivity index (χ4n) is 5.15. The van der Waals surface area contributed by atoms with Gasteiger partial charge in [0, 0.05) is 0 Å². The van der Waals surface area contributed by atoms with Gasteiger partial charge in [0.2, 0.25) is 0 Å². The Balaban J connectivity index is 1.62. The van der Waals surface area contributed by atoms with E-state index in [0.29, 0.717) is 15.3 Å². The van der Waals surface area contributed by atoms with Crippen LogP contribution in [0.4, 0.5) is 5.69 Å². The van der Waals surface area contributed by atoms with Crippen LogP contribution < -0.4 is 30.3 Å². The number of nitrogens with one attached hydrogen (secondary N) is 2. The number of alkyl halides is 1. The molecular formula is C20H17Cl2IN3O2S-. The standard InChI is InChI=1S/C20H17Cl2IN3O2S/c21-10-3-4-11-12(7-10)24-19(28)20(11)16(13-5-6-14(22)29-13)15-17(23-25-18(15)27)26(20)8-9-1-2-9/h3-7,9,15-17H,1-2,8H2,(H,24,28)(H,25,27)/q-1/t15-,16-,17+,20+/m0/s1. The van der Waals surface area contributed by atoms with E-state index in [1.54, 1.807) is 0 Å². The zero-order chi connectivity index (χ0) is 19.9. The predicted octanol–water partition coefficient (Wildman–Crippen LogP) is 0.788. The normalized spacial score (nSPS) is 33.4.